The number of carboxylic acid groups (broad SMARTS) is 1. The minimum absolute atomic E-state index is 0.159. The van der Waals surface area contributed by atoms with Crippen LogP contribution in [0.4, 0.5) is 4.79 Å². The first kappa shape index (κ1) is 13.4. The first-order valence-corrected chi connectivity index (χ1v) is 6.26. The van der Waals surface area contributed by atoms with Gasteiger partial charge in [-0.25, -0.2) is 9.59 Å². The quantitative estimate of drug-likeness (QED) is 0.908. The molecule has 0 radical (unpaired) electrons. The van der Waals surface area contributed by atoms with E-state index < -0.39 is 17.6 Å². The van der Waals surface area contributed by atoms with Gasteiger partial charge in [-0.2, -0.15) is 0 Å². The van der Waals surface area contributed by atoms with E-state index >= 15 is 0 Å². The molecule has 5 heteroatoms. The lowest BCUT2D eigenvalue weighted by Gasteiger charge is -2.30. The summed E-state index contributed by atoms with van der Waals surface area (Å²) in [6.45, 7) is 2.15. The van der Waals surface area contributed by atoms with E-state index in [2.05, 4.69) is 0 Å². The van der Waals surface area contributed by atoms with Crippen molar-refractivity contribution in [2.24, 2.45) is 0 Å². The molecule has 1 aliphatic heterocycles. The fraction of sp³-hybridized carbons (Fsp3) is 0.429. The molecule has 0 aromatic heterocycles. The van der Waals surface area contributed by atoms with E-state index in [1.807, 2.05) is 30.3 Å². The number of nitrogens with zero attached hydrogens (tertiary/aromatic N) is 1. The third-order valence-electron chi connectivity index (χ3n) is 3.53. The normalized spacial score (nSPS) is 22.3. The number of carboxylic acids is 1. The molecule has 0 saturated carbocycles. The molecule has 0 unspecified atom stereocenters. The molecule has 5 nitrogen and oxygen atoms in total. The summed E-state index contributed by atoms with van der Waals surface area (Å²) in [5, 5.41) is 9.23. The Morgan fingerprint density at radius 2 is 2.05 bits per heavy atom. The molecule has 1 N–H and O–H groups in total. The Bertz CT molecular complexity index is 474. The maximum atomic E-state index is 12.0. The first-order valence-electron chi connectivity index (χ1n) is 6.26. The Kier molecular flexibility index (Phi) is 3.74. The van der Waals surface area contributed by atoms with Gasteiger partial charge in [0.2, 0.25) is 0 Å². The highest BCUT2D eigenvalue weighted by Gasteiger charge is 2.46. The third-order valence-corrected chi connectivity index (χ3v) is 3.53. The van der Waals surface area contributed by atoms with Crippen molar-refractivity contribution in [3.63, 3.8) is 0 Å². The lowest BCUT2D eigenvalue weighted by molar-refractivity contribution is -0.147. The van der Waals surface area contributed by atoms with E-state index in [9.17, 15) is 14.7 Å². The second kappa shape index (κ2) is 5.30. The van der Waals surface area contributed by atoms with Gasteiger partial charge >= 0.3 is 12.1 Å². The molecule has 0 spiro atoms. The Morgan fingerprint density at radius 1 is 1.37 bits per heavy atom. The number of carbonyl (C=O) groups is 2. The van der Waals surface area contributed by atoms with Gasteiger partial charge < -0.3 is 9.84 Å². The van der Waals surface area contributed by atoms with Crippen molar-refractivity contribution in [2.45, 2.75) is 31.9 Å². The van der Waals surface area contributed by atoms with Crippen LogP contribution in [0.3, 0.4) is 0 Å². The van der Waals surface area contributed by atoms with Gasteiger partial charge in [-0.05, 0) is 25.3 Å². The third kappa shape index (κ3) is 2.70. The van der Waals surface area contributed by atoms with Crippen LogP contribution in [-0.4, -0.2) is 34.2 Å². The molecule has 19 heavy (non-hydrogen) atoms. The van der Waals surface area contributed by atoms with E-state index in [1.165, 1.54) is 4.90 Å². The number of hydrogen-bond acceptors (Lipinski definition) is 3. The maximum Gasteiger partial charge on any atom is 0.411 e. The maximum absolute atomic E-state index is 12.0. The van der Waals surface area contributed by atoms with Crippen LogP contribution in [0, 0.1) is 0 Å². The number of rotatable bonds is 3. The largest absolute Gasteiger partial charge is 0.480 e. The minimum Gasteiger partial charge on any atom is -0.480 e. The minimum atomic E-state index is -1.15. The van der Waals surface area contributed by atoms with E-state index in [0.717, 1.165) is 5.56 Å². The molecular weight excluding hydrogens is 246 g/mol. The highest BCUT2D eigenvalue weighted by molar-refractivity contribution is 5.84. The molecule has 1 aromatic rings. The van der Waals surface area contributed by atoms with Crippen LogP contribution in [-0.2, 0) is 16.1 Å². The van der Waals surface area contributed by atoms with Crippen LogP contribution in [0.1, 0.15) is 25.3 Å². The van der Waals surface area contributed by atoms with Gasteiger partial charge in [0.15, 0.2) is 0 Å². The Morgan fingerprint density at radius 3 is 2.68 bits per heavy atom. The van der Waals surface area contributed by atoms with Crippen molar-refractivity contribution in [1.29, 1.82) is 0 Å². The lowest BCUT2D eigenvalue weighted by atomic mass is 10.00. The summed E-state index contributed by atoms with van der Waals surface area (Å²) < 4.78 is 5.18. The molecule has 1 fully saturated rings. The topological polar surface area (TPSA) is 66.8 Å². The van der Waals surface area contributed by atoms with Gasteiger partial charge in [0.25, 0.3) is 0 Å². The second-order valence-electron chi connectivity index (χ2n) is 4.87. The summed E-state index contributed by atoms with van der Waals surface area (Å²) in [6.07, 6.45) is 0.581. The summed E-state index contributed by atoms with van der Waals surface area (Å²) in [5.74, 6) is -0.985. The number of benzene rings is 1. The molecule has 1 aliphatic rings. The van der Waals surface area contributed by atoms with Gasteiger partial charge in [-0.15, -0.1) is 0 Å². The number of carbonyl (C=O) groups excluding carboxylic acids is 1. The molecule has 1 atom stereocenters. The summed E-state index contributed by atoms with van der Waals surface area (Å²) in [7, 11) is 0. The zero-order valence-electron chi connectivity index (χ0n) is 10.8. The Balaban J connectivity index is 1.98. The van der Waals surface area contributed by atoms with Crippen molar-refractivity contribution >= 4 is 12.1 Å². The monoisotopic (exact) mass is 263 g/mol. The molecule has 102 valence electrons. The Hall–Kier alpha value is -2.04. The Labute approximate surface area is 111 Å². The SMILES string of the molecule is C[C@]1(C(=O)O)CCCN1C(=O)OCc1ccccc1. The zero-order chi connectivity index (χ0) is 13.9. The molecule has 0 aliphatic carbocycles. The molecule has 1 saturated heterocycles. The predicted octanol–water partition coefficient (Wildman–Crippen LogP) is 2.26. The average molecular weight is 263 g/mol. The number of amides is 1. The standard InChI is InChI=1S/C14H17NO4/c1-14(12(16)17)8-5-9-15(14)13(18)19-10-11-6-3-2-4-7-11/h2-4,6-7H,5,8-10H2,1H3,(H,16,17)/t14-/m1/s1. The predicted molar refractivity (Wildman–Crippen MR) is 68.6 cm³/mol. The van der Waals surface area contributed by atoms with Gasteiger partial charge in [0.05, 0.1) is 0 Å². The summed E-state index contributed by atoms with van der Waals surface area (Å²) in [5.41, 5.74) is -0.264. The fourth-order valence-corrected chi connectivity index (χ4v) is 2.28. The van der Waals surface area contributed by atoms with Crippen LogP contribution in [0.2, 0.25) is 0 Å². The zero-order valence-corrected chi connectivity index (χ0v) is 10.8. The molecule has 1 heterocycles. The van der Waals surface area contributed by atoms with Gasteiger partial charge in [0, 0.05) is 6.54 Å². The molecule has 1 aromatic carbocycles. The highest BCUT2D eigenvalue weighted by Crippen LogP contribution is 2.29. The average Bonchev–Trinajstić information content (AvgIpc) is 2.81. The molecular formula is C14H17NO4. The number of aliphatic carboxylic acids is 1. The van der Waals surface area contributed by atoms with Crippen LogP contribution in [0.25, 0.3) is 0 Å². The number of likely N-dealkylation sites (tertiary alicyclic amines) is 1. The molecule has 0 bridgehead atoms. The lowest BCUT2D eigenvalue weighted by Crippen LogP contribution is -2.50. The number of ether oxygens (including phenoxy) is 1. The fourth-order valence-electron chi connectivity index (χ4n) is 2.28. The van der Waals surface area contributed by atoms with Crippen LogP contribution >= 0.6 is 0 Å². The van der Waals surface area contributed by atoms with Gasteiger partial charge in [0.1, 0.15) is 12.1 Å². The summed E-state index contributed by atoms with van der Waals surface area (Å²) in [4.78, 5) is 24.5. The van der Waals surface area contributed by atoms with E-state index in [0.29, 0.717) is 19.4 Å². The van der Waals surface area contributed by atoms with Gasteiger partial charge in [-0.3, -0.25) is 4.90 Å². The van der Waals surface area contributed by atoms with Crippen LogP contribution in [0.5, 0.6) is 0 Å². The van der Waals surface area contributed by atoms with E-state index in [-0.39, 0.29) is 6.61 Å². The summed E-state index contributed by atoms with van der Waals surface area (Å²) >= 11 is 0. The molecule has 1 amide bonds. The van der Waals surface area contributed by atoms with Crippen molar-refractivity contribution < 1.29 is 19.4 Å². The molecule has 2 rings (SSSR count). The van der Waals surface area contributed by atoms with Crippen LogP contribution < -0.4 is 0 Å². The smallest absolute Gasteiger partial charge is 0.411 e. The van der Waals surface area contributed by atoms with Crippen molar-refractivity contribution in [3.05, 3.63) is 35.9 Å². The first-order chi connectivity index (χ1) is 9.04. The second-order valence-corrected chi connectivity index (χ2v) is 4.87. The van der Waals surface area contributed by atoms with Crippen molar-refractivity contribution in [1.82, 2.24) is 4.90 Å². The summed E-state index contributed by atoms with van der Waals surface area (Å²) in [6, 6.07) is 9.31. The van der Waals surface area contributed by atoms with E-state index in [1.54, 1.807) is 6.92 Å². The van der Waals surface area contributed by atoms with Crippen molar-refractivity contribution in [3.8, 4) is 0 Å². The van der Waals surface area contributed by atoms with E-state index in [4.69, 9.17) is 4.74 Å². The number of hydrogen-bond donors (Lipinski definition) is 1. The van der Waals surface area contributed by atoms with Crippen LogP contribution in [0.15, 0.2) is 30.3 Å². The highest BCUT2D eigenvalue weighted by atomic mass is 16.6. The van der Waals surface area contributed by atoms with Gasteiger partial charge in [-0.1, -0.05) is 30.3 Å². The van der Waals surface area contributed by atoms with Crippen molar-refractivity contribution in [2.75, 3.05) is 6.54 Å².